The number of hydrogen-bond donors (Lipinski definition) is 1. The number of methoxy groups -OCH3 is 1. The quantitative estimate of drug-likeness (QED) is 0.860. The molecule has 1 fully saturated rings. The van der Waals surface area contributed by atoms with Crippen molar-refractivity contribution >= 4 is 11.9 Å². The number of hydrogen-bond acceptors (Lipinski definition) is 4. The van der Waals surface area contributed by atoms with E-state index in [0.29, 0.717) is 13.0 Å². The highest BCUT2D eigenvalue weighted by molar-refractivity contribution is 5.90. The Labute approximate surface area is 152 Å². The Kier molecular flexibility index (Phi) is 4.47. The number of rotatable bonds is 4. The maximum Gasteiger partial charge on any atom is 0.329 e. The maximum atomic E-state index is 12.6. The second-order valence-corrected chi connectivity index (χ2v) is 6.66. The molecule has 1 saturated heterocycles. The molecule has 0 spiro atoms. The van der Waals surface area contributed by atoms with E-state index >= 15 is 0 Å². The number of nitrogens with one attached hydrogen (secondary N) is 1. The first-order valence-corrected chi connectivity index (χ1v) is 8.88. The van der Waals surface area contributed by atoms with Gasteiger partial charge in [0, 0.05) is 12.5 Å². The fourth-order valence-corrected chi connectivity index (χ4v) is 3.99. The monoisotopic (exact) mass is 351 g/mol. The molecule has 26 heavy (non-hydrogen) atoms. The van der Waals surface area contributed by atoms with Crippen LogP contribution in [0.4, 0.5) is 0 Å². The van der Waals surface area contributed by atoms with E-state index in [9.17, 15) is 9.59 Å². The number of ether oxygens (including phenoxy) is 2. The fraction of sp³-hybridized carbons (Fsp3) is 0.333. The molecule has 1 heterocycles. The normalized spacial score (nSPS) is 19.5. The SMILES string of the molecule is COC(=O)[C@H](NC(=O)[C@H]1CCCO1)C1c2ccccc2-c2ccccc21. The highest BCUT2D eigenvalue weighted by Crippen LogP contribution is 2.46. The number of esters is 1. The molecule has 134 valence electrons. The lowest BCUT2D eigenvalue weighted by Gasteiger charge is -2.25. The third-order valence-corrected chi connectivity index (χ3v) is 5.19. The number of amides is 1. The molecule has 0 bridgehead atoms. The first kappa shape index (κ1) is 16.8. The van der Waals surface area contributed by atoms with Crippen molar-refractivity contribution in [2.75, 3.05) is 13.7 Å². The van der Waals surface area contributed by atoms with Gasteiger partial charge in [-0.1, -0.05) is 48.5 Å². The molecule has 1 aliphatic heterocycles. The maximum absolute atomic E-state index is 12.6. The van der Waals surface area contributed by atoms with E-state index in [2.05, 4.69) is 5.32 Å². The molecular formula is C21H21NO4. The molecule has 4 rings (SSSR count). The van der Waals surface area contributed by atoms with E-state index in [1.165, 1.54) is 7.11 Å². The van der Waals surface area contributed by atoms with Gasteiger partial charge in [-0.15, -0.1) is 0 Å². The molecule has 5 heteroatoms. The summed E-state index contributed by atoms with van der Waals surface area (Å²) >= 11 is 0. The van der Waals surface area contributed by atoms with Crippen LogP contribution in [0.25, 0.3) is 11.1 Å². The van der Waals surface area contributed by atoms with Crippen LogP contribution in [0.2, 0.25) is 0 Å². The summed E-state index contributed by atoms with van der Waals surface area (Å²) in [5, 5.41) is 2.89. The number of fused-ring (bicyclic) bond motifs is 3. The van der Waals surface area contributed by atoms with Crippen LogP contribution in [0.5, 0.6) is 0 Å². The predicted octanol–water partition coefficient (Wildman–Crippen LogP) is 2.64. The van der Waals surface area contributed by atoms with Gasteiger partial charge in [-0.25, -0.2) is 4.79 Å². The van der Waals surface area contributed by atoms with E-state index in [1.807, 2.05) is 48.5 Å². The van der Waals surface area contributed by atoms with Gasteiger partial charge in [0.05, 0.1) is 7.11 Å². The minimum absolute atomic E-state index is 0.250. The van der Waals surface area contributed by atoms with Crippen molar-refractivity contribution in [2.24, 2.45) is 0 Å². The molecule has 0 aromatic heterocycles. The fourth-order valence-electron chi connectivity index (χ4n) is 3.99. The summed E-state index contributed by atoms with van der Waals surface area (Å²) < 4.78 is 10.5. The lowest BCUT2D eigenvalue weighted by atomic mass is 9.89. The first-order chi connectivity index (χ1) is 12.7. The van der Waals surface area contributed by atoms with E-state index in [0.717, 1.165) is 28.7 Å². The summed E-state index contributed by atoms with van der Waals surface area (Å²) in [7, 11) is 1.35. The smallest absolute Gasteiger partial charge is 0.329 e. The topological polar surface area (TPSA) is 64.6 Å². The zero-order valence-corrected chi connectivity index (χ0v) is 14.6. The molecule has 1 aliphatic carbocycles. The van der Waals surface area contributed by atoms with Gasteiger partial charge in [-0.2, -0.15) is 0 Å². The summed E-state index contributed by atoms with van der Waals surface area (Å²) in [5.74, 6) is -0.979. The minimum atomic E-state index is -0.790. The largest absolute Gasteiger partial charge is 0.467 e. The Bertz CT molecular complexity index is 796. The van der Waals surface area contributed by atoms with Gasteiger partial charge in [0.15, 0.2) is 0 Å². The van der Waals surface area contributed by atoms with E-state index < -0.39 is 18.1 Å². The van der Waals surface area contributed by atoms with Crippen molar-refractivity contribution in [1.82, 2.24) is 5.32 Å². The van der Waals surface area contributed by atoms with Crippen molar-refractivity contribution in [3.63, 3.8) is 0 Å². The van der Waals surface area contributed by atoms with Crippen LogP contribution < -0.4 is 5.32 Å². The van der Waals surface area contributed by atoms with Crippen LogP contribution in [0, 0.1) is 0 Å². The highest BCUT2D eigenvalue weighted by Gasteiger charge is 2.40. The van der Waals surface area contributed by atoms with Gasteiger partial charge >= 0.3 is 5.97 Å². The molecule has 0 radical (unpaired) electrons. The first-order valence-electron chi connectivity index (χ1n) is 8.88. The van der Waals surface area contributed by atoms with Crippen LogP contribution in [0.3, 0.4) is 0 Å². The Morgan fingerprint density at radius 3 is 2.23 bits per heavy atom. The van der Waals surface area contributed by atoms with Crippen LogP contribution in [0.1, 0.15) is 29.9 Å². The Balaban J connectivity index is 1.73. The molecule has 1 N–H and O–H groups in total. The molecule has 0 unspecified atom stereocenters. The zero-order chi connectivity index (χ0) is 18.1. The summed E-state index contributed by atoms with van der Waals surface area (Å²) in [5.41, 5.74) is 4.23. The molecule has 2 aromatic rings. The van der Waals surface area contributed by atoms with E-state index in [-0.39, 0.29) is 11.8 Å². The van der Waals surface area contributed by atoms with Crippen molar-refractivity contribution in [3.8, 4) is 11.1 Å². The van der Waals surface area contributed by atoms with Gasteiger partial charge in [0.25, 0.3) is 0 Å². The lowest BCUT2D eigenvalue weighted by Crippen LogP contribution is -2.48. The van der Waals surface area contributed by atoms with Crippen molar-refractivity contribution in [1.29, 1.82) is 0 Å². The minimum Gasteiger partial charge on any atom is -0.467 e. The van der Waals surface area contributed by atoms with Gasteiger partial charge in [-0.05, 0) is 35.1 Å². The van der Waals surface area contributed by atoms with Crippen LogP contribution >= 0.6 is 0 Å². The number of benzene rings is 2. The lowest BCUT2D eigenvalue weighted by molar-refractivity contribution is -0.146. The standard InChI is InChI=1S/C21H21NO4/c1-25-21(24)19(22-20(23)17-11-6-12-26-17)18-15-9-4-2-7-13(15)14-8-3-5-10-16(14)18/h2-5,7-10,17-19H,6,11-12H2,1H3,(H,22,23)/t17-,19-/m1/s1. The molecular weight excluding hydrogens is 330 g/mol. The summed E-state index contributed by atoms with van der Waals surface area (Å²) in [6, 6.07) is 15.2. The van der Waals surface area contributed by atoms with Gasteiger partial charge in [0.2, 0.25) is 5.91 Å². The molecule has 2 atom stereocenters. The van der Waals surface area contributed by atoms with E-state index in [1.54, 1.807) is 0 Å². The van der Waals surface area contributed by atoms with Crippen molar-refractivity contribution in [2.45, 2.75) is 30.9 Å². The summed E-state index contributed by atoms with van der Waals surface area (Å²) in [4.78, 5) is 25.2. The Hall–Kier alpha value is -2.66. The molecule has 5 nitrogen and oxygen atoms in total. The van der Waals surface area contributed by atoms with Gasteiger partial charge in [0.1, 0.15) is 12.1 Å². The third-order valence-electron chi connectivity index (χ3n) is 5.19. The molecule has 2 aromatic carbocycles. The predicted molar refractivity (Wildman–Crippen MR) is 96.6 cm³/mol. The van der Waals surface area contributed by atoms with Crippen LogP contribution in [-0.2, 0) is 19.1 Å². The average Bonchev–Trinajstić information content (AvgIpc) is 3.32. The van der Waals surface area contributed by atoms with Crippen LogP contribution in [-0.4, -0.2) is 37.7 Å². The Morgan fingerprint density at radius 1 is 1.08 bits per heavy atom. The second-order valence-electron chi connectivity index (χ2n) is 6.66. The second kappa shape index (κ2) is 6.92. The van der Waals surface area contributed by atoms with Gasteiger partial charge in [-0.3, -0.25) is 4.79 Å². The Morgan fingerprint density at radius 2 is 1.69 bits per heavy atom. The number of carbonyl (C=O) groups excluding carboxylic acids is 2. The third kappa shape index (κ3) is 2.78. The summed E-state index contributed by atoms with van der Waals surface area (Å²) in [6.45, 7) is 0.579. The van der Waals surface area contributed by atoms with E-state index in [4.69, 9.17) is 9.47 Å². The number of carbonyl (C=O) groups is 2. The highest BCUT2D eigenvalue weighted by atomic mass is 16.5. The van der Waals surface area contributed by atoms with Gasteiger partial charge < -0.3 is 14.8 Å². The molecule has 1 amide bonds. The molecule has 0 saturated carbocycles. The zero-order valence-electron chi connectivity index (χ0n) is 14.6. The average molecular weight is 351 g/mol. The van der Waals surface area contributed by atoms with Crippen molar-refractivity contribution < 1.29 is 19.1 Å². The molecule has 2 aliphatic rings. The van der Waals surface area contributed by atoms with Crippen LogP contribution in [0.15, 0.2) is 48.5 Å². The van der Waals surface area contributed by atoms with Crippen molar-refractivity contribution in [3.05, 3.63) is 59.7 Å². The summed E-state index contributed by atoms with van der Waals surface area (Å²) in [6.07, 6.45) is 1.04.